The van der Waals surface area contributed by atoms with Gasteiger partial charge in [-0.15, -0.1) is 0 Å². The maximum Gasteiger partial charge on any atom is 0.312 e. The molecule has 126 valence electrons. The highest BCUT2D eigenvalue weighted by Gasteiger charge is 1.93. The first-order valence-corrected chi connectivity index (χ1v) is 7.45. The zero-order valence-corrected chi connectivity index (χ0v) is 13.0. The van der Waals surface area contributed by atoms with Crippen LogP contribution in [0, 0.1) is 0 Å². The van der Waals surface area contributed by atoms with Crippen LogP contribution in [0.25, 0.3) is 0 Å². The van der Waals surface area contributed by atoms with E-state index in [0.29, 0.717) is 39.6 Å². The Hall–Kier alpha value is -0.930. The minimum absolute atomic E-state index is 0.437. The van der Waals surface area contributed by atoms with Gasteiger partial charge in [0.25, 0.3) is 0 Å². The Morgan fingerprint density at radius 2 is 1.29 bits per heavy atom. The predicted molar refractivity (Wildman–Crippen MR) is 81.5 cm³/mol. The second kappa shape index (κ2) is 17.1. The summed E-state index contributed by atoms with van der Waals surface area (Å²) in [6.07, 6.45) is 0. The summed E-state index contributed by atoms with van der Waals surface area (Å²) in [6, 6.07) is -0.528. The number of amides is 2. The number of primary amides is 1. The smallest absolute Gasteiger partial charge is 0.312 e. The van der Waals surface area contributed by atoms with Gasteiger partial charge >= 0.3 is 6.03 Å². The Bertz CT molecular complexity index is 232. The minimum atomic E-state index is -0.528. The van der Waals surface area contributed by atoms with Crippen LogP contribution in [0.1, 0.15) is 6.92 Å². The van der Waals surface area contributed by atoms with E-state index in [0.717, 1.165) is 32.8 Å². The van der Waals surface area contributed by atoms with Crippen LogP contribution in [0.5, 0.6) is 0 Å². The first kappa shape index (κ1) is 20.1. The highest BCUT2D eigenvalue weighted by atomic mass is 16.5. The fourth-order valence-electron chi connectivity index (χ4n) is 1.41. The number of hydrogen-bond acceptors (Lipinski definition) is 6. The number of nitrogens with two attached hydrogens (primary N) is 1. The van der Waals surface area contributed by atoms with Crippen LogP contribution < -0.4 is 21.7 Å². The molecule has 0 bridgehead atoms. The number of carbonyl (C=O) groups excluding carboxylic acids is 1. The summed E-state index contributed by atoms with van der Waals surface area (Å²) in [5.74, 6) is 0. The van der Waals surface area contributed by atoms with E-state index < -0.39 is 6.03 Å². The molecule has 0 unspecified atom stereocenters. The van der Waals surface area contributed by atoms with E-state index >= 15 is 0 Å². The summed E-state index contributed by atoms with van der Waals surface area (Å²) in [5, 5.41) is 8.82. The van der Waals surface area contributed by atoms with E-state index in [2.05, 4.69) is 22.9 Å². The largest absolute Gasteiger partial charge is 0.378 e. The maximum absolute atomic E-state index is 10.4. The number of rotatable bonds is 16. The zero-order valence-electron chi connectivity index (χ0n) is 13.0. The van der Waals surface area contributed by atoms with Crippen LogP contribution >= 0.6 is 0 Å². The molecule has 0 atom stereocenters. The molecule has 0 heterocycles. The molecule has 0 aromatic carbocycles. The van der Waals surface area contributed by atoms with E-state index in [1.165, 1.54) is 0 Å². The lowest BCUT2D eigenvalue weighted by Gasteiger charge is -2.08. The van der Waals surface area contributed by atoms with Crippen molar-refractivity contribution >= 4 is 6.03 Å². The van der Waals surface area contributed by atoms with Crippen molar-refractivity contribution in [3.05, 3.63) is 0 Å². The summed E-state index contributed by atoms with van der Waals surface area (Å²) in [7, 11) is 0. The highest BCUT2D eigenvalue weighted by molar-refractivity contribution is 5.71. The van der Waals surface area contributed by atoms with Crippen LogP contribution in [0.2, 0.25) is 0 Å². The molecule has 0 fully saturated rings. The molecule has 0 saturated heterocycles. The topological polar surface area (TPSA) is 107 Å². The molecule has 2 amide bonds. The zero-order chi connectivity index (χ0) is 15.6. The van der Waals surface area contributed by atoms with Crippen LogP contribution in [-0.2, 0) is 14.2 Å². The number of ether oxygens (including phenoxy) is 3. The molecule has 0 aliphatic rings. The Balaban J connectivity index is 2.95. The molecule has 0 radical (unpaired) electrons. The highest BCUT2D eigenvalue weighted by Crippen LogP contribution is 1.78. The van der Waals surface area contributed by atoms with Gasteiger partial charge in [0.1, 0.15) is 0 Å². The van der Waals surface area contributed by atoms with E-state index in [9.17, 15) is 4.79 Å². The third kappa shape index (κ3) is 19.1. The van der Waals surface area contributed by atoms with Crippen molar-refractivity contribution in [2.24, 2.45) is 5.73 Å². The lowest BCUT2D eigenvalue weighted by Crippen LogP contribution is -2.32. The third-order valence-corrected chi connectivity index (χ3v) is 2.44. The van der Waals surface area contributed by atoms with Gasteiger partial charge in [0.15, 0.2) is 0 Å². The van der Waals surface area contributed by atoms with Crippen LogP contribution in [-0.4, -0.2) is 78.4 Å². The van der Waals surface area contributed by atoms with Gasteiger partial charge in [-0.2, -0.15) is 0 Å². The van der Waals surface area contributed by atoms with Crippen LogP contribution in [0.15, 0.2) is 0 Å². The van der Waals surface area contributed by atoms with E-state index in [1.54, 1.807) is 0 Å². The Morgan fingerprint density at radius 3 is 1.81 bits per heavy atom. The van der Waals surface area contributed by atoms with E-state index in [-0.39, 0.29) is 0 Å². The van der Waals surface area contributed by atoms with Crippen molar-refractivity contribution in [2.75, 3.05) is 72.4 Å². The second-order valence-corrected chi connectivity index (χ2v) is 4.23. The number of hydrogen-bond donors (Lipinski definition) is 4. The van der Waals surface area contributed by atoms with Crippen molar-refractivity contribution in [2.45, 2.75) is 6.92 Å². The van der Waals surface area contributed by atoms with Crippen LogP contribution in [0.4, 0.5) is 4.79 Å². The lowest BCUT2D eigenvalue weighted by molar-refractivity contribution is 0.0493. The van der Waals surface area contributed by atoms with Crippen molar-refractivity contribution in [1.29, 1.82) is 0 Å². The molecular formula is C13H30N4O4. The van der Waals surface area contributed by atoms with Gasteiger partial charge in [0, 0.05) is 26.2 Å². The van der Waals surface area contributed by atoms with Crippen molar-refractivity contribution in [3.8, 4) is 0 Å². The summed E-state index contributed by atoms with van der Waals surface area (Å²) in [6.45, 7) is 9.55. The number of urea groups is 1. The maximum atomic E-state index is 10.4. The quantitative estimate of drug-likeness (QED) is 0.270. The molecule has 0 rings (SSSR count). The second-order valence-electron chi connectivity index (χ2n) is 4.23. The molecule has 8 heteroatoms. The third-order valence-electron chi connectivity index (χ3n) is 2.44. The van der Waals surface area contributed by atoms with Gasteiger partial charge < -0.3 is 35.9 Å². The van der Waals surface area contributed by atoms with Crippen LogP contribution in [0.3, 0.4) is 0 Å². The van der Waals surface area contributed by atoms with E-state index in [4.69, 9.17) is 19.9 Å². The number of nitrogens with one attached hydrogen (secondary N) is 3. The number of carbonyl (C=O) groups is 1. The van der Waals surface area contributed by atoms with Gasteiger partial charge in [-0.05, 0) is 6.54 Å². The molecule has 0 aliphatic heterocycles. The van der Waals surface area contributed by atoms with Gasteiger partial charge in [-0.3, -0.25) is 0 Å². The van der Waals surface area contributed by atoms with Crippen molar-refractivity contribution in [3.63, 3.8) is 0 Å². The molecule has 0 aromatic rings. The first-order chi connectivity index (χ1) is 10.3. The molecule has 0 aromatic heterocycles. The predicted octanol–water partition coefficient (Wildman–Crippen LogP) is -1.10. The normalized spacial score (nSPS) is 10.7. The molecular weight excluding hydrogens is 276 g/mol. The van der Waals surface area contributed by atoms with Gasteiger partial charge in [0.2, 0.25) is 0 Å². The summed E-state index contributed by atoms with van der Waals surface area (Å²) >= 11 is 0. The Morgan fingerprint density at radius 1 is 0.810 bits per heavy atom. The summed E-state index contributed by atoms with van der Waals surface area (Å²) < 4.78 is 16.0. The summed E-state index contributed by atoms with van der Waals surface area (Å²) in [5.41, 5.74) is 4.91. The fraction of sp³-hybridized carbons (Fsp3) is 0.923. The first-order valence-electron chi connectivity index (χ1n) is 7.45. The van der Waals surface area contributed by atoms with Crippen molar-refractivity contribution in [1.82, 2.24) is 16.0 Å². The Kier molecular flexibility index (Phi) is 16.4. The van der Waals surface area contributed by atoms with Gasteiger partial charge in [0.05, 0.1) is 39.6 Å². The van der Waals surface area contributed by atoms with Gasteiger partial charge in [-0.1, -0.05) is 6.92 Å². The monoisotopic (exact) mass is 306 g/mol. The number of likely N-dealkylation sites (N-methyl/N-ethyl adjacent to an activating group) is 1. The van der Waals surface area contributed by atoms with Crippen molar-refractivity contribution < 1.29 is 19.0 Å². The average Bonchev–Trinajstić information content (AvgIpc) is 2.46. The molecule has 5 N–H and O–H groups in total. The lowest BCUT2D eigenvalue weighted by atomic mass is 10.6. The minimum Gasteiger partial charge on any atom is -0.378 e. The molecule has 0 aliphatic carbocycles. The SMILES string of the molecule is CCNCCOCCOCCNCCOCCNC(N)=O. The Labute approximate surface area is 127 Å². The molecule has 0 spiro atoms. The summed E-state index contributed by atoms with van der Waals surface area (Å²) in [4.78, 5) is 10.4. The standard InChI is InChI=1S/C13H30N4O4/c1-2-15-3-7-20-11-12-21-9-5-16-4-8-19-10-6-17-13(14)18/h15-16H,2-12H2,1H3,(H3,14,17,18). The molecule has 21 heavy (non-hydrogen) atoms. The molecule has 8 nitrogen and oxygen atoms in total. The van der Waals surface area contributed by atoms with Gasteiger partial charge in [-0.25, -0.2) is 4.79 Å². The fourth-order valence-corrected chi connectivity index (χ4v) is 1.41. The molecule has 0 saturated carbocycles. The van der Waals surface area contributed by atoms with E-state index in [1.807, 2.05) is 0 Å². The average molecular weight is 306 g/mol.